The molecule has 2 aromatic carbocycles. The summed E-state index contributed by atoms with van der Waals surface area (Å²) in [5.74, 6) is 0.813. The number of thiocarbonyl (C=S) groups is 1. The first-order valence-corrected chi connectivity index (χ1v) is 9.18. The number of amides is 2. The van der Waals surface area contributed by atoms with E-state index in [2.05, 4.69) is 16.0 Å². The van der Waals surface area contributed by atoms with Crippen LogP contribution in [0.4, 0.5) is 11.4 Å². The summed E-state index contributed by atoms with van der Waals surface area (Å²) in [7, 11) is 1.58. The molecular weight excluding hydrogens is 378 g/mol. The molecule has 148 valence electrons. The zero-order valence-electron chi connectivity index (χ0n) is 15.8. The molecule has 0 aliphatic rings. The van der Waals surface area contributed by atoms with Gasteiger partial charge in [-0.3, -0.25) is 14.9 Å². The summed E-state index contributed by atoms with van der Waals surface area (Å²) in [6, 6.07) is 14.0. The van der Waals surface area contributed by atoms with Gasteiger partial charge in [0.05, 0.1) is 7.11 Å². The highest BCUT2D eigenvalue weighted by Gasteiger charge is 2.07. The van der Waals surface area contributed by atoms with Crippen LogP contribution in [0.2, 0.25) is 0 Å². The number of carbonyl (C=O) groups excluding carboxylic acids is 2. The largest absolute Gasteiger partial charge is 0.497 e. The minimum atomic E-state index is -0.388. The molecule has 0 saturated carbocycles. The van der Waals surface area contributed by atoms with Gasteiger partial charge in [-0.25, -0.2) is 0 Å². The van der Waals surface area contributed by atoms with Crippen molar-refractivity contribution in [2.24, 2.45) is 0 Å². The van der Waals surface area contributed by atoms with Gasteiger partial charge in [0.1, 0.15) is 11.5 Å². The van der Waals surface area contributed by atoms with Gasteiger partial charge in [0.2, 0.25) is 5.91 Å². The number of hydrogen-bond acceptors (Lipinski definition) is 5. The van der Waals surface area contributed by atoms with E-state index < -0.39 is 0 Å². The molecule has 2 rings (SSSR count). The van der Waals surface area contributed by atoms with Crippen LogP contribution in [0.5, 0.6) is 11.5 Å². The molecule has 3 N–H and O–H groups in total. The van der Waals surface area contributed by atoms with Crippen LogP contribution in [0.15, 0.2) is 48.5 Å². The quantitative estimate of drug-likeness (QED) is 0.588. The third-order valence-corrected chi connectivity index (χ3v) is 3.77. The first-order chi connectivity index (χ1) is 13.5. The maximum atomic E-state index is 12.0. The summed E-state index contributed by atoms with van der Waals surface area (Å²) >= 11 is 5.15. The molecule has 0 atom stereocenters. The van der Waals surface area contributed by atoms with E-state index >= 15 is 0 Å². The number of carbonyl (C=O) groups is 2. The monoisotopic (exact) mass is 401 g/mol. The molecule has 7 nitrogen and oxygen atoms in total. The Morgan fingerprint density at radius 2 is 1.61 bits per heavy atom. The van der Waals surface area contributed by atoms with Crippen LogP contribution in [-0.4, -0.2) is 30.6 Å². The molecule has 0 radical (unpaired) electrons. The summed E-state index contributed by atoms with van der Waals surface area (Å²) in [6.07, 6.45) is 1.23. The van der Waals surface area contributed by atoms with Crippen LogP contribution in [0, 0.1) is 0 Å². The fraction of sp³-hybridized carbons (Fsp3) is 0.250. The van der Waals surface area contributed by atoms with Crippen LogP contribution < -0.4 is 25.4 Å². The van der Waals surface area contributed by atoms with Crippen LogP contribution >= 0.6 is 12.2 Å². The van der Waals surface area contributed by atoms with Gasteiger partial charge >= 0.3 is 0 Å². The van der Waals surface area contributed by atoms with Gasteiger partial charge in [-0.15, -0.1) is 0 Å². The van der Waals surface area contributed by atoms with Crippen LogP contribution in [-0.2, 0) is 9.59 Å². The maximum Gasteiger partial charge on any atom is 0.264 e. The standard InChI is InChI=1S/C20H23N3O4S/c1-3-5-18(24)21-14-6-4-7-15(12-14)22-20(28)23-19(25)13-27-17-10-8-16(26-2)9-11-17/h4,6-12H,3,5,13H2,1-2H3,(H,21,24)(H2,22,23,25,28). The summed E-state index contributed by atoms with van der Waals surface area (Å²) < 4.78 is 10.5. The summed E-state index contributed by atoms with van der Waals surface area (Å²) in [4.78, 5) is 23.7. The Hall–Kier alpha value is -3.13. The summed E-state index contributed by atoms with van der Waals surface area (Å²) in [5.41, 5.74) is 1.30. The molecule has 0 saturated heterocycles. The van der Waals surface area contributed by atoms with Crippen molar-refractivity contribution in [1.82, 2.24) is 5.32 Å². The molecule has 0 unspecified atom stereocenters. The van der Waals surface area contributed by atoms with Crippen molar-refractivity contribution in [3.63, 3.8) is 0 Å². The minimum Gasteiger partial charge on any atom is -0.497 e. The second-order valence-corrected chi connectivity index (χ2v) is 6.25. The zero-order chi connectivity index (χ0) is 20.4. The third kappa shape index (κ3) is 7.24. The molecule has 0 spiro atoms. The van der Waals surface area contributed by atoms with Crippen LogP contribution in [0.3, 0.4) is 0 Å². The first-order valence-electron chi connectivity index (χ1n) is 8.77. The number of rotatable bonds is 8. The smallest absolute Gasteiger partial charge is 0.264 e. The second-order valence-electron chi connectivity index (χ2n) is 5.85. The molecule has 0 heterocycles. The Labute approximate surface area is 169 Å². The van der Waals surface area contributed by atoms with Crippen molar-refractivity contribution in [2.75, 3.05) is 24.4 Å². The number of hydrogen-bond donors (Lipinski definition) is 3. The van der Waals surface area contributed by atoms with E-state index in [0.717, 1.165) is 6.42 Å². The lowest BCUT2D eigenvalue weighted by atomic mass is 10.2. The maximum absolute atomic E-state index is 12.0. The van der Waals surface area contributed by atoms with Gasteiger partial charge in [0.25, 0.3) is 5.91 Å². The lowest BCUT2D eigenvalue weighted by Gasteiger charge is -2.12. The van der Waals surface area contributed by atoms with Gasteiger partial charge in [0.15, 0.2) is 11.7 Å². The van der Waals surface area contributed by atoms with Gasteiger partial charge < -0.3 is 20.1 Å². The highest BCUT2D eigenvalue weighted by molar-refractivity contribution is 7.80. The van der Waals surface area contributed by atoms with E-state index in [4.69, 9.17) is 21.7 Å². The normalized spacial score (nSPS) is 9.93. The predicted octanol–water partition coefficient (Wildman–Crippen LogP) is 3.33. The Bertz CT molecular complexity index is 824. The lowest BCUT2D eigenvalue weighted by molar-refractivity contribution is -0.121. The van der Waals surface area contributed by atoms with Gasteiger partial charge in [0, 0.05) is 17.8 Å². The zero-order valence-corrected chi connectivity index (χ0v) is 16.6. The van der Waals surface area contributed by atoms with Crippen molar-refractivity contribution >= 4 is 40.5 Å². The van der Waals surface area contributed by atoms with Crippen molar-refractivity contribution in [2.45, 2.75) is 19.8 Å². The molecule has 0 bridgehead atoms. The van der Waals surface area contributed by atoms with Gasteiger partial charge in [-0.2, -0.15) is 0 Å². The third-order valence-electron chi connectivity index (χ3n) is 3.56. The number of anilines is 2. The Morgan fingerprint density at radius 3 is 2.25 bits per heavy atom. The highest BCUT2D eigenvalue weighted by atomic mass is 32.1. The Kier molecular flexibility index (Phi) is 8.23. The van der Waals surface area contributed by atoms with E-state index in [-0.39, 0.29) is 23.5 Å². The topological polar surface area (TPSA) is 88.7 Å². The molecule has 0 aliphatic carbocycles. The number of nitrogens with one attached hydrogen (secondary N) is 3. The van der Waals surface area contributed by atoms with E-state index in [1.54, 1.807) is 55.6 Å². The summed E-state index contributed by atoms with van der Waals surface area (Å²) in [6.45, 7) is 1.76. The average molecular weight is 401 g/mol. The molecular formula is C20H23N3O4S. The van der Waals surface area contributed by atoms with Crippen molar-refractivity contribution < 1.29 is 19.1 Å². The second kappa shape index (κ2) is 10.9. The van der Waals surface area contributed by atoms with Crippen molar-refractivity contribution in [3.05, 3.63) is 48.5 Å². The molecule has 2 aromatic rings. The number of methoxy groups -OCH3 is 1. The molecule has 0 aromatic heterocycles. The van der Waals surface area contributed by atoms with E-state index in [1.165, 1.54) is 0 Å². The number of ether oxygens (including phenoxy) is 2. The van der Waals surface area contributed by atoms with Crippen molar-refractivity contribution in [3.8, 4) is 11.5 Å². The fourth-order valence-corrected chi connectivity index (χ4v) is 2.50. The van der Waals surface area contributed by atoms with Gasteiger partial charge in [-0.1, -0.05) is 13.0 Å². The van der Waals surface area contributed by atoms with Crippen LogP contribution in [0.25, 0.3) is 0 Å². The van der Waals surface area contributed by atoms with Crippen LogP contribution in [0.1, 0.15) is 19.8 Å². The van der Waals surface area contributed by atoms with E-state index in [9.17, 15) is 9.59 Å². The molecule has 2 amide bonds. The number of benzene rings is 2. The molecule has 0 aliphatic heterocycles. The molecule has 8 heteroatoms. The van der Waals surface area contributed by atoms with Crippen molar-refractivity contribution in [1.29, 1.82) is 0 Å². The Morgan fingerprint density at radius 1 is 0.964 bits per heavy atom. The van der Waals surface area contributed by atoms with E-state index in [1.807, 2.05) is 6.92 Å². The SMILES string of the molecule is CCCC(=O)Nc1cccc(NC(=S)NC(=O)COc2ccc(OC)cc2)c1. The van der Waals surface area contributed by atoms with Gasteiger partial charge in [-0.05, 0) is 61.1 Å². The summed E-state index contributed by atoms with van der Waals surface area (Å²) in [5, 5.41) is 8.40. The minimum absolute atomic E-state index is 0.0498. The average Bonchev–Trinajstić information content (AvgIpc) is 2.67. The first kappa shape index (κ1) is 21.2. The Balaban J connectivity index is 1.80. The fourth-order valence-electron chi connectivity index (χ4n) is 2.27. The molecule has 0 fully saturated rings. The molecule has 28 heavy (non-hydrogen) atoms. The van der Waals surface area contributed by atoms with E-state index in [0.29, 0.717) is 29.3 Å². The lowest BCUT2D eigenvalue weighted by Crippen LogP contribution is -2.37. The highest BCUT2D eigenvalue weighted by Crippen LogP contribution is 2.17. The predicted molar refractivity (Wildman–Crippen MR) is 113 cm³/mol.